The molecule has 1 N–H and O–H groups in total. The lowest BCUT2D eigenvalue weighted by Crippen LogP contribution is -1.96. The van der Waals surface area contributed by atoms with E-state index >= 15 is 0 Å². The summed E-state index contributed by atoms with van der Waals surface area (Å²) in [5.74, 6) is -1.36. The molecule has 0 atom stereocenters. The highest BCUT2D eigenvalue weighted by Gasteiger charge is 2.12. The molecule has 0 saturated carbocycles. The van der Waals surface area contributed by atoms with Crippen molar-refractivity contribution in [1.82, 2.24) is 0 Å². The summed E-state index contributed by atoms with van der Waals surface area (Å²) >= 11 is 0. The van der Waals surface area contributed by atoms with Gasteiger partial charge in [0.25, 0.3) is 0 Å². The number of benzene rings is 2. The van der Waals surface area contributed by atoms with Crippen LogP contribution in [-0.2, 0) is 0 Å². The first-order valence-corrected chi connectivity index (χ1v) is 5.65. The third kappa shape index (κ3) is 1.97. The molecule has 0 amide bonds. The topological polar surface area (TPSA) is 50.4 Å². The number of hydrogen-bond donors (Lipinski definition) is 1. The molecule has 0 unspecified atom stereocenters. The van der Waals surface area contributed by atoms with Crippen LogP contribution in [0.25, 0.3) is 22.1 Å². The van der Waals surface area contributed by atoms with Gasteiger partial charge >= 0.3 is 5.97 Å². The molecular weight excluding hydrogens is 247 g/mol. The number of rotatable bonds is 2. The number of carbonyl (C=O) groups is 1. The van der Waals surface area contributed by atoms with Gasteiger partial charge < -0.3 is 9.52 Å². The number of carboxylic acids is 1. The molecule has 0 fully saturated rings. The second kappa shape index (κ2) is 4.24. The molecule has 0 radical (unpaired) electrons. The lowest BCUT2D eigenvalue weighted by molar-refractivity contribution is 0.0697. The first kappa shape index (κ1) is 11.5. The maximum Gasteiger partial charge on any atom is 0.335 e. The van der Waals surface area contributed by atoms with Crippen LogP contribution in [-0.4, -0.2) is 11.1 Å². The van der Waals surface area contributed by atoms with Crippen LogP contribution in [0.2, 0.25) is 0 Å². The minimum absolute atomic E-state index is 0.141. The van der Waals surface area contributed by atoms with Crippen molar-refractivity contribution in [3.63, 3.8) is 0 Å². The van der Waals surface area contributed by atoms with Crippen LogP contribution >= 0.6 is 0 Å². The fraction of sp³-hybridized carbons (Fsp3) is 0. The van der Waals surface area contributed by atoms with Crippen LogP contribution in [0.3, 0.4) is 0 Å². The van der Waals surface area contributed by atoms with E-state index < -0.39 is 5.97 Å². The maximum absolute atomic E-state index is 13.0. The second-order valence-corrected chi connectivity index (χ2v) is 4.17. The van der Waals surface area contributed by atoms with E-state index in [1.54, 1.807) is 24.3 Å². The number of furan rings is 1. The summed E-state index contributed by atoms with van der Waals surface area (Å²) in [6, 6.07) is 10.7. The average molecular weight is 256 g/mol. The van der Waals surface area contributed by atoms with Crippen molar-refractivity contribution in [3.8, 4) is 11.1 Å². The van der Waals surface area contributed by atoms with Crippen molar-refractivity contribution in [2.24, 2.45) is 0 Å². The van der Waals surface area contributed by atoms with Crippen molar-refractivity contribution in [2.45, 2.75) is 0 Å². The maximum atomic E-state index is 13.0. The Morgan fingerprint density at radius 2 is 1.84 bits per heavy atom. The molecule has 19 heavy (non-hydrogen) atoms. The van der Waals surface area contributed by atoms with Crippen molar-refractivity contribution in [3.05, 3.63) is 60.1 Å². The monoisotopic (exact) mass is 256 g/mol. The van der Waals surface area contributed by atoms with Crippen molar-refractivity contribution in [1.29, 1.82) is 0 Å². The predicted octanol–water partition coefficient (Wildman–Crippen LogP) is 3.94. The smallest absolute Gasteiger partial charge is 0.335 e. The van der Waals surface area contributed by atoms with E-state index in [9.17, 15) is 9.18 Å². The summed E-state index contributed by atoms with van der Waals surface area (Å²) in [6.07, 6.45) is 1.50. The Hall–Kier alpha value is -2.62. The van der Waals surface area contributed by atoms with Crippen LogP contribution in [0, 0.1) is 5.82 Å². The van der Waals surface area contributed by atoms with Gasteiger partial charge in [0.05, 0.1) is 11.8 Å². The summed E-state index contributed by atoms with van der Waals surface area (Å²) in [5.41, 5.74) is 2.10. The number of hydrogen-bond acceptors (Lipinski definition) is 2. The third-order valence-electron chi connectivity index (χ3n) is 2.97. The Balaban J connectivity index is 2.29. The SMILES string of the molecule is O=C(O)c1cc(-c2ccc(F)cc2)c2ccoc2c1. The Morgan fingerprint density at radius 3 is 2.53 bits per heavy atom. The average Bonchev–Trinajstić information content (AvgIpc) is 2.86. The number of halogens is 1. The molecule has 3 nitrogen and oxygen atoms in total. The number of aromatic carboxylic acids is 1. The highest BCUT2D eigenvalue weighted by atomic mass is 19.1. The molecule has 0 aliphatic heterocycles. The van der Waals surface area contributed by atoms with Gasteiger partial charge in [-0.25, -0.2) is 9.18 Å². The van der Waals surface area contributed by atoms with E-state index in [2.05, 4.69) is 0 Å². The van der Waals surface area contributed by atoms with E-state index in [0.29, 0.717) is 11.1 Å². The number of carboxylic acid groups (broad SMARTS) is 1. The lowest BCUT2D eigenvalue weighted by Gasteiger charge is -2.05. The van der Waals surface area contributed by atoms with Gasteiger partial charge in [0.15, 0.2) is 0 Å². The molecule has 0 saturated heterocycles. The van der Waals surface area contributed by atoms with Crippen molar-refractivity contribution < 1.29 is 18.7 Å². The van der Waals surface area contributed by atoms with Gasteiger partial charge in [-0.3, -0.25) is 0 Å². The standard InChI is InChI=1S/C15H9FO3/c16-11-3-1-9(2-4-11)13-7-10(15(17)18)8-14-12(13)5-6-19-14/h1-8H,(H,17,18). The highest BCUT2D eigenvalue weighted by Crippen LogP contribution is 2.31. The largest absolute Gasteiger partial charge is 0.478 e. The van der Waals surface area contributed by atoms with E-state index in [1.165, 1.54) is 24.5 Å². The molecule has 1 heterocycles. The molecular formula is C15H9FO3. The van der Waals surface area contributed by atoms with Gasteiger partial charge in [-0.1, -0.05) is 12.1 Å². The predicted molar refractivity (Wildman–Crippen MR) is 68.6 cm³/mol. The normalized spacial score (nSPS) is 10.8. The van der Waals surface area contributed by atoms with Crippen LogP contribution in [0.1, 0.15) is 10.4 Å². The molecule has 0 bridgehead atoms. The summed E-state index contributed by atoms with van der Waals surface area (Å²) in [6.45, 7) is 0. The molecule has 3 rings (SSSR count). The van der Waals surface area contributed by atoms with E-state index in [1.807, 2.05) is 0 Å². The van der Waals surface area contributed by atoms with Gasteiger partial charge in [0.2, 0.25) is 0 Å². The quantitative estimate of drug-likeness (QED) is 0.755. The minimum atomic E-state index is -1.03. The van der Waals surface area contributed by atoms with E-state index in [-0.39, 0.29) is 11.4 Å². The molecule has 2 aromatic carbocycles. The first-order chi connectivity index (χ1) is 9.15. The first-order valence-electron chi connectivity index (χ1n) is 5.65. The molecule has 0 aliphatic carbocycles. The Bertz CT molecular complexity index is 757. The lowest BCUT2D eigenvalue weighted by atomic mass is 9.99. The Kier molecular flexibility index (Phi) is 2.56. The molecule has 0 aliphatic rings. The zero-order valence-electron chi connectivity index (χ0n) is 9.76. The second-order valence-electron chi connectivity index (χ2n) is 4.17. The Morgan fingerprint density at radius 1 is 1.11 bits per heavy atom. The summed E-state index contributed by atoms with van der Waals surface area (Å²) in [4.78, 5) is 11.1. The third-order valence-corrected chi connectivity index (χ3v) is 2.97. The minimum Gasteiger partial charge on any atom is -0.478 e. The fourth-order valence-electron chi connectivity index (χ4n) is 2.06. The van der Waals surface area contributed by atoms with Crippen molar-refractivity contribution >= 4 is 16.9 Å². The van der Waals surface area contributed by atoms with E-state index in [0.717, 1.165) is 10.9 Å². The van der Waals surface area contributed by atoms with Crippen LogP contribution in [0.4, 0.5) is 4.39 Å². The van der Waals surface area contributed by atoms with Crippen LogP contribution < -0.4 is 0 Å². The zero-order valence-corrected chi connectivity index (χ0v) is 9.76. The van der Waals surface area contributed by atoms with Crippen LogP contribution in [0.15, 0.2) is 53.1 Å². The molecule has 4 heteroatoms. The summed E-state index contributed by atoms with van der Waals surface area (Å²) in [5, 5.41) is 9.90. The number of fused-ring (bicyclic) bond motifs is 1. The summed E-state index contributed by atoms with van der Waals surface area (Å²) < 4.78 is 18.2. The van der Waals surface area contributed by atoms with Gasteiger partial charge in [-0.2, -0.15) is 0 Å². The van der Waals surface area contributed by atoms with Gasteiger partial charge in [-0.05, 0) is 41.5 Å². The van der Waals surface area contributed by atoms with Gasteiger partial charge in [0, 0.05) is 5.39 Å². The Labute approximate surface area is 107 Å². The molecule has 3 aromatic rings. The van der Waals surface area contributed by atoms with Gasteiger partial charge in [0.1, 0.15) is 11.4 Å². The van der Waals surface area contributed by atoms with Crippen LogP contribution in [0.5, 0.6) is 0 Å². The fourth-order valence-corrected chi connectivity index (χ4v) is 2.06. The highest BCUT2D eigenvalue weighted by molar-refractivity contribution is 6.00. The molecule has 1 aromatic heterocycles. The molecule has 0 spiro atoms. The van der Waals surface area contributed by atoms with E-state index in [4.69, 9.17) is 9.52 Å². The van der Waals surface area contributed by atoms with Crippen molar-refractivity contribution in [2.75, 3.05) is 0 Å². The summed E-state index contributed by atoms with van der Waals surface area (Å²) in [7, 11) is 0. The van der Waals surface area contributed by atoms with Gasteiger partial charge in [-0.15, -0.1) is 0 Å². The zero-order chi connectivity index (χ0) is 13.4. The molecule has 94 valence electrons.